The van der Waals surface area contributed by atoms with Gasteiger partial charge < -0.3 is 14.4 Å². The number of carbonyl (C=O) groups is 1. The number of piperidine rings is 1. The molecule has 1 amide bonds. The largest absolute Gasteiger partial charge is 0.497 e. The molecule has 7 nitrogen and oxygen atoms in total. The van der Waals surface area contributed by atoms with Crippen LogP contribution in [-0.4, -0.2) is 53.6 Å². The summed E-state index contributed by atoms with van der Waals surface area (Å²) in [6.07, 6.45) is 7.27. The first-order valence-electron chi connectivity index (χ1n) is 11.1. The normalized spacial score (nSPS) is 15.1. The molecule has 1 aliphatic rings. The van der Waals surface area contributed by atoms with Gasteiger partial charge in [0.1, 0.15) is 16.4 Å². The summed E-state index contributed by atoms with van der Waals surface area (Å²) in [6, 6.07) is 13.0. The molecule has 1 saturated heterocycles. The van der Waals surface area contributed by atoms with Crippen molar-refractivity contribution < 1.29 is 22.7 Å². The summed E-state index contributed by atoms with van der Waals surface area (Å²) in [7, 11) is 0.769. The van der Waals surface area contributed by atoms with E-state index in [2.05, 4.69) is 16.9 Å². The molecular weight excluding hydrogens is 440 g/mol. The predicted octanol–water partition coefficient (Wildman–Crippen LogP) is 3.50. The average molecular weight is 473 g/mol. The van der Waals surface area contributed by atoms with Gasteiger partial charge in [0, 0.05) is 19.2 Å². The molecule has 1 N–H and O–H groups in total. The Morgan fingerprint density at radius 1 is 1.09 bits per heavy atom. The van der Waals surface area contributed by atoms with Gasteiger partial charge in [-0.05, 0) is 80.1 Å². The number of hydrogen-bond acceptors (Lipinski definition) is 5. The van der Waals surface area contributed by atoms with Crippen LogP contribution >= 0.6 is 0 Å². The highest BCUT2D eigenvalue weighted by atomic mass is 32.2. The topological polar surface area (TPSA) is 84.9 Å². The Morgan fingerprint density at radius 3 is 2.39 bits per heavy atom. The van der Waals surface area contributed by atoms with Gasteiger partial charge in [0.05, 0.1) is 14.2 Å². The van der Waals surface area contributed by atoms with E-state index in [4.69, 9.17) is 9.47 Å². The molecule has 8 heteroatoms. The fraction of sp³-hybridized carbons (Fsp3) is 0.400. The molecule has 0 radical (unpaired) electrons. The quantitative estimate of drug-likeness (QED) is 0.565. The van der Waals surface area contributed by atoms with Crippen molar-refractivity contribution in [3.05, 3.63) is 59.7 Å². The minimum absolute atomic E-state index is 0.0415. The molecule has 0 spiro atoms. The van der Waals surface area contributed by atoms with E-state index in [9.17, 15) is 13.2 Å². The molecule has 1 fully saturated rings. The Morgan fingerprint density at radius 2 is 1.79 bits per heavy atom. The van der Waals surface area contributed by atoms with Crippen molar-refractivity contribution in [2.45, 2.75) is 30.6 Å². The van der Waals surface area contributed by atoms with Crippen molar-refractivity contribution in [2.75, 3.05) is 34.4 Å². The number of hydrogen-bond donors (Lipinski definition) is 1. The van der Waals surface area contributed by atoms with E-state index in [1.807, 2.05) is 17.0 Å². The highest BCUT2D eigenvalue weighted by molar-refractivity contribution is 7.89. The zero-order valence-corrected chi connectivity index (χ0v) is 20.2. The first-order valence-corrected chi connectivity index (χ1v) is 12.6. The minimum Gasteiger partial charge on any atom is -0.497 e. The van der Waals surface area contributed by atoms with Gasteiger partial charge in [0.2, 0.25) is 15.9 Å². The Bertz CT molecular complexity index is 1070. The molecule has 1 aliphatic heterocycles. The molecule has 0 aliphatic carbocycles. The Kier molecular flexibility index (Phi) is 8.52. The van der Waals surface area contributed by atoms with Gasteiger partial charge in [0.15, 0.2) is 0 Å². The fourth-order valence-electron chi connectivity index (χ4n) is 3.99. The molecule has 1 heterocycles. The van der Waals surface area contributed by atoms with Gasteiger partial charge in [-0.1, -0.05) is 18.2 Å². The number of aryl methyl sites for hydroxylation is 1. The van der Waals surface area contributed by atoms with Crippen LogP contribution in [0, 0.1) is 5.92 Å². The van der Waals surface area contributed by atoms with E-state index in [0.29, 0.717) is 11.5 Å². The highest BCUT2D eigenvalue weighted by Crippen LogP contribution is 2.26. The Balaban J connectivity index is 1.53. The maximum absolute atomic E-state index is 12.7. The summed E-state index contributed by atoms with van der Waals surface area (Å²) in [5.41, 5.74) is 1.92. The number of likely N-dealkylation sites (tertiary alicyclic amines) is 1. The minimum atomic E-state index is -3.67. The van der Waals surface area contributed by atoms with E-state index in [1.54, 1.807) is 25.3 Å². The average Bonchev–Trinajstić information content (AvgIpc) is 2.86. The number of nitrogens with one attached hydrogen (secondary N) is 1. The zero-order valence-electron chi connectivity index (χ0n) is 19.4. The van der Waals surface area contributed by atoms with Crippen LogP contribution in [-0.2, 0) is 21.2 Å². The van der Waals surface area contributed by atoms with Gasteiger partial charge in [-0.25, -0.2) is 13.1 Å². The third-order valence-electron chi connectivity index (χ3n) is 6.09. The summed E-state index contributed by atoms with van der Waals surface area (Å²) >= 11 is 0. The molecular formula is C25H32N2O5S. The predicted molar refractivity (Wildman–Crippen MR) is 129 cm³/mol. The van der Waals surface area contributed by atoms with Crippen molar-refractivity contribution in [1.29, 1.82) is 0 Å². The van der Waals surface area contributed by atoms with Crippen LogP contribution in [0.1, 0.15) is 30.4 Å². The van der Waals surface area contributed by atoms with Crippen LogP contribution in [0.25, 0.3) is 6.08 Å². The third-order valence-corrected chi connectivity index (χ3v) is 7.53. The molecule has 0 saturated carbocycles. The number of carbonyl (C=O) groups excluding carboxylic acids is 1. The number of benzene rings is 2. The lowest BCUT2D eigenvalue weighted by Gasteiger charge is -2.31. The second-order valence-corrected chi connectivity index (χ2v) is 9.96. The van der Waals surface area contributed by atoms with Gasteiger partial charge >= 0.3 is 0 Å². The summed E-state index contributed by atoms with van der Waals surface area (Å²) in [5.74, 6) is 1.67. The van der Waals surface area contributed by atoms with Crippen LogP contribution in [0.5, 0.6) is 11.5 Å². The Labute approximate surface area is 196 Å². The maximum Gasteiger partial charge on any atom is 0.246 e. The maximum atomic E-state index is 12.7. The number of rotatable bonds is 9. The van der Waals surface area contributed by atoms with Crippen molar-refractivity contribution in [3.8, 4) is 11.5 Å². The van der Waals surface area contributed by atoms with Crippen molar-refractivity contribution in [2.24, 2.45) is 5.92 Å². The van der Waals surface area contributed by atoms with Crippen molar-refractivity contribution >= 4 is 22.0 Å². The Hall–Kier alpha value is -2.84. The number of methoxy groups -OCH3 is 2. The van der Waals surface area contributed by atoms with Crippen molar-refractivity contribution in [3.63, 3.8) is 0 Å². The number of sulfonamides is 1. The van der Waals surface area contributed by atoms with E-state index < -0.39 is 10.0 Å². The molecule has 178 valence electrons. The van der Waals surface area contributed by atoms with E-state index >= 15 is 0 Å². The van der Waals surface area contributed by atoms with Crippen LogP contribution in [0.4, 0.5) is 0 Å². The standard InChI is InChI=1S/C25H32N2O5S/c1-26-33(29,30)24-18-21(8-12-23(24)32-3)9-13-25(28)27-16-14-20(15-17-27)5-4-19-6-10-22(31-2)11-7-19/h6-13,18,20,26H,4-5,14-17H2,1-3H3/b13-9+. The monoisotopic (exact) mass is 472 g/mol. The van der Waals surface area contributed by atoms with Crippen LogP contribution < -0.4 is 14.2 Å². The molecule has 2 aromatic carbocycles. The van der Waals surface area contributed by atoms with Gasteiger partial charge in [-0.2, -0.15) is 0 Å². The first-order chi connectivity index (χ1) is 15.9. The fourth-order valence-corrected chi connectivity index (χ4v) is 4.92. The molecule has 0 unspecified atom stereocenters. The number of ether oxygens (including phenoxy) is 2. The van der Waals surface area contributed by atoms with Crippen molar-refractivity contribution in [1.82, 2.24) is 9.62 Å². The number of nitrogens with zero attached hydrogens (tertiary/aromatic N) is 1. The summed E-state index contributed by atoms with van der Waals surface area (Å²) in [4.78, 5) is 14.5. The molecule has 3 rings (SSSR count). The molecule has 33 heavy (non-hydrogen) atoms. The first kappa shape index (κ1) is 24.8. The smallest absolute Gasteiger partial charge is 0.246 e. The SMILES string of the molecule is CNS(=O)(=O)c1cc(/C=C/C(=O)N2CCC(CCc3ccc(OC)cc3)CC2)ccc1OC. The summed E-state index contributed by atoms with van der Waals surface area (Å²) in [5, 5.41) is 0. The molecule has 2 aromatic rings. The second kappa shape index (κ2) is 11.3. The van der Waals surface area contributed by atoms with E-state index in [1.165, 1.54) is 31.9 Å². The lowest BCUT2D eigenvalue weighted by atomic mass is 9.90. The number of amides is 1. The molecule has 0 atom stereocenters. The highest BCUT2D eigenvalue weighted by Gasteiger charge is 2.22. The van der Waals surface area contributed by atoms with E-state index in [-0.39, 0.29) is 16.6 Å². The zero-order chi connectivity index (χ0) is 23.8. The van der Waals surface area contributed by atoms with Crippen LogP contribution in [0.15, 0.2) is 53.4 Å². The van der Waals surface area contributed by atoms with Gasteiger partial charge in [0.25, 0.3) is 0 Å². The third kappa shape index (κ3) is 6.58. The van der Waals surface area contributed by atoms with Gasteiger partial charge in [-0.3, -0.25) is 4.79 Å². The summed E-state index contributed by atoms with van der Waals surface area (Å²) < 4.78 is 37.1. The van der Waals surface area contributed by atoms with Crippen LogP contribution in [0.3, 0.4) is 0 Å². The molecule has 0 bridgehead atoms. The van der Waals surface area contributed by atoms with E-state index in [0.717, 1.165) is 44.5 Å². The van der Waals surface area contributed by atoms with Crippen LogP contribution in [0.2, 0.25) is 0 Å². The second-order valence-electron chi connectivity index (χ2n) is 8.11. The van der Waals surface area contributed by atoms with Gasteiger partial charge in [-0.15, -0.1) is 0 Å². The molecule has 0 aromatic heterocycles. The summed E-state index contributed by atoms with van der Waals surface area (Å²) in [6.45, 7) is 1.47. The lowest BCUT2D eigenvalue weighted by molar-refractivity contribution is -0.127. The lowest BCUT2D eigenvalue weighted by Crippen LogP contribution is -2.37.